The Morgan fingerprint density at radius 2 is 2.20 bits per heavy atom. The Balaban J connectivity index is 2.86. The first-order valence-corrected chi connectivity index (χ1v) is 5.29. The summed E-state index contributed by atoms with van der Waals surface area (Å²) in [5.74, 6) is -0.308. The molecule has 0 spiro atoms. The van der Waals surface area contributed by atoms with Crippen LogP contribution >= 0.6 is 11.6 Å². The highest BCUT2D eigenvalue weighted by Gasteiger charge is 2.14. The van der Waals surface area contributed by atoms with Crippen molar-refractivity contribution in [3.63, 3.8) is 0 Å². The van der Waals surface area contributed by atoms with Gasteiger partial charge >= 0.3 is 0 Å². The van der Waals surface area contributed by atoms with Crippen LogP contribution in [0.2, 0.25) is 5.02 Å². The lowest BCUT2D eigenvalue weighted by atomic mass is 10.1. The molecule has 0 aliphatic heterocycles. The molecule has 1 aromatic carbocycles. The van der Waals surface area contributed by atoms with Gasteiger partial charge in [-0.15, -0.1) is 0 Å². The van der Waals surface area contributed by atoms with E-state index in [9.17, 15) is 4.39 Å². The average Bonchev–Trinajstić information content (AvgIpc) is 2.17. The molecule has 1 atom stereocenters. The molecule has 0 aromatic heterocycles. The zero-order valence-electron chi connectivity index (χ0n) is 9.00. The lowest BCUT2D eigenvalue weighted by molar-refractivity contribution is 0.269. The van der Waals surface area contributed by atoms with E-state index in [1.165, 1.54) is 12.1 Å². The second-order valence-electron chi connectivity index (χ2n) is 3.61. The molecule has 84 valence electrons. The Morgan fingerprint density at radius 3 is 2.73 bits per heavy atom. The van der Waals surface area contributed by atoms with Crippen LogP contribution in [0.1, 0.15) is 18.5 Å². The quantitative estimate of drug-likeness (QED) is 0.861. The molecule has 0 radical (unpaired) electrons. The second kappa shape index (κ2) is 5.45. The molecule has 1 aromatic rings. The maximum atomic E-state index is 12.8. The van der Waals surface area contributed by atoms with Crippen LogP contribution < -0.4 is 5.73 Å². The molecule has 4 heteroatoms. The minimum Gasteiger partial charge on any atom is -0.329 e. The first-order chi connectivity index (χ1) is 7.06. The van der Waals surface area contributed by atoms with Gasteiger partial charge in [-0.25, -0.2) is 4.39 Å². The Hall–Kier alpha value is -0.640. The minimum absolute atomic E-state index is 0.140. The van der Waals surface area contributed by atoms with Gasteiger partial charge in [-0.05, 0) is 31.7 Å². The van der Waals surface area contributed by atoms with E-state index in [-0.39, 0.29) is 11.9 Å². The van der Waals surface area contributed by atoms with Crippen molar-refractivity contribution in [1.82, 2.24) is 4.90 Å². The predicted octanol–water partition coefficient (Wildman–Crippen LogP) is 2.43. The third-order valence-electron chi connectivity index (χ3n) is 2.56. The zero-order chi connectivity index (χ0) is 11.4. The molecule has 0 aliphatic carbocycles. The molecular weight excluding hydrogens is 215 g/mol. The summed E-state index contributed by atoms with van der Waals surface area (Å²) >= 11 is 5.97. The molecule has 1 rings (SSSR count). The van der Waals surface area contributed by atoms with Crippen molar-refractivity contribution < 1.29 is 4.39 Å². The zero-order valence-corrected chi connectivity index (χ0v) is 9.76. The van der Waals surface area contributed by atoms with Gasteiger partial charge in [-0.1, -0.05) is 17.7 Å². The van der Waals surface area contributed by atoms with E-state index >= 15 is 0 Å². The van der Waals surface area contributed by atoms with Crippen molar-refractivity contribution in [3.05, 3.63) is 34.6 Å². The molecule has 0 aliphatic rings. The van der Waals surface area contributed by atoms with Gasteiger partial charge in [0.25, 0.3) is 0 Å². The van der Waals surface area contributed by atoms with Gasteiger partial charge < -0.3 is 5.73 Å². The number of benzene rings is 1. The maximum absolute atomic E-state index is 12.8. The first kappa shape index (κ1) is 12.4. The molecule has 2 N–H and O–H groups in total. The molecule has 0 amide bonds. The Morgan fingerprint density at radius 1 is 1.53 bits per heavy atom. The summed E-state index contributed by atoms with van der Waals surface area (Å²) in [4.78, 5) is 2.08. The number of nitrogens with zero attached hydrogens (tertiary/aromatic N) is 1. The van der Waals surface area contributed by atoms with Gasteiger partial charge in [-0.2, -0.15) is 0 Å². The van der Waals surface area contributed by atoms with Crippen molar-refractivity contribution in [2.24, 2.45) is 5.73 Å². The summed E-state index contributed by atoms with van der Waals surface area (Å²) in [5, 5.41) is 0.464. The number of likely N-dealkylation sites (N-methyl/N-ethyl adjacent to an activating group) is 1. The van der Waals surface area contributed by atoms with Crippen LogP contribution in [0.5, 0.6) is 0 Å². The van der Waals surface area contributed by atoms with Crippen LogP contribution in [0.25, 0.3) is 0 Å². The minimum atomic E-state index is -0.308. The summed E-state index contributed by atoms with van der Waals surface area (Å²) in [6.07, 6.45) is 0. The lowest BCUT2D eigenvalue weighted by Gasteiger charge is -2.25. The van der Waals surface area contributed by atoms with Gasteiger partial charge in [0.15, 0.2) is 0 Å². The highest BCUT2D eigenvalue weighted by atomic mass is 35.5. The first-order valence-electron chi connectivity index (χ1n) is 4.91. The standard InChI is InChI=1S/C11H16ClFN2/c1-8(15(2)6-5-14)10-4-3-9(13)7-11(10)12/h3-4,7-8H,5-6,14H2,1-2H3. The van der Waals surface area contributed by atoms with Crippen LogP contribution in [0.3, 0.4) is 0 Å². The number of halogens is 2. The van der Waals surface area contributed by atoms with E-state index in [2.05, 4.69) is 4.90 Å². The van der Waals surface area contributed by atoms with E-state index in [1.807, 2.05) is 14.0 Å². The summed E-state index contributed by atoms with van der Waals surface area (Å²) in [6.45, 7) is 3.41. The van der Waals surface area contributed by atoms with E-state index in [1.54, 1.807) is 6.07 Å². The summed E-state index contributed by atoms with van der Waals surface area (Å²) in [6, 6.07) is 4.62. The van der Waals surface area contributed by atoms with Crippen molar-refractivity contribution >= 4 is 11.6 Å². The van der Waals surface area contributed by atoms with Crippen molar-refractivity contribution in [3.8, 4) is 0 Å². The number of hydrogen-bond acceptors (Lipinski definition) is 2. The molecular formula is C11H16ClFN2. The van der Waals surface area contributed by atoms with Gasteiger partial charge in [-0.3, -0.25) is 4.90 Å². The highest BCUT2D eigenvalue weighted by molar-refractivity contribution is 6.31. The van der Waals surface area contributed by atoms with E-state index < -0.39 is 0 Å². The molecule has 0 heterocycles. The normalized spacial score (nSPS) is 13.2. The monoisotopic (exact) mass is 230 g/mol. The van der Waals surface area contributed by atoms with Crippen LogP contribution in [-0.2, 0) is 0 Å². The third kappa shape index (κ3) is 3.16. The molecule has 15 heavy (non-hydrogen) atoms. The topological polar surface area (TPSA) is 29.3 Å². The van der Waals surface area contributed by atoms with Crippen LogP contribution in [-0.4, -0.2) is 25.0 Å². The maximum Gasteiger partial charge on any atom is 0.124 e. The van der Waals surface area contributed by atoms with Gasteiger partial charge in [0.05, 0.1) is 0 Å². The average molecular weight is 231 g/mol. The number of nitrogens with two attached hydrogens (primary N) is 1. The number of hydrogen-bond donors (Lipinski definition) is 1. The van der Waals surface area contributed by atoms with Crippen LogP contribution in [0.15, 0.2) is 18.2 Å². The molecule has 0 fully saturated rings. The van der Waals surface area contributed by atoms with Crippen LogP contribution in [0.4, 0.5) is 4.39 Å². The molecule has 2 nitrogen and oxygen atoms in total. The van der Waals surface area contributed by atoms with Crippen molar-refractivity contribution in [2.75, 3.05) is 20.1 Å². The molecule has 0 saturated carbocycles. The molecule has 0 saturated heterocycles. The fourth-order valence-electron chi connectivity index (χ4n) is 1.48. The summed E-state index contributed by atoms with van der Waals surface area (Å²) in [7, 11) is 1.97. The van der Waals surface area contributed by atoms with Crippen LogP contribution in [0, 0.1) is 5.82 Å². The van der Waals surface area contributed by atoms with E-state index in [4.69, 9.17) is 17.3 Å². The smallest absolute Gasteiger partial charge is 0.124 e. The second-order valence-corrected chi connectivity index (χ2v) is 4.02. The largest absolute Gasteiger partial charge is 0.329 e. The highest BCUT2D eigenvalue weighted by Crippen LogP contribution is 2.26. The summed E-state index contributed by atoms with van der Waals surface area (Å²) < 4.78 is 12.8. The molecule has 1 unspecified atom stereocenters. The summed E-state index contributed by atoms with van der Waals surface area (Å²) in [5.41, 5.74) is 6.40. The van der Waals surface area contributed by atoms with E-state index in [0.29, 0.717) is 11.6 Å². The Labute approximate surface area is 94.8 Å². The third-order valence-corrected chi connectivity index (χ3v) is 2.88. The van der Waals surface area contributed by atoms with Crippen molar-refractivity contribution in [1.29, 1.82) is 0 Å². The van der Waals surface area contributed by atoms with E-state index in [0.717, 1.165) is 12.1 Å². The van der Waals surface area contributed by atoms with Gasteiger partial charge in [0.2, 0.25) is 0 Å². The fraction of sp³-hybridized carbons (Fsp3) is 0.455. The lowest BCUT2D eigenvalue weighted by Crippen LogP contribution is -2.28. The van der Waals surface area contributed by atoms with Crippen molar-refractivity contribution in [2.45, 2.75) is 13.0 Å². The Bertz CT molecular complexity index is 330. The Kier molecular flexibility index (Phi) is 4.51. The number of rotatable bonds is 4. The van der Waals surface area contributed by atoms with Gasteiger partial charge in [0, 0.05) is 24.2 Å². The fourth-order valence-corrected chi connectivity index (χ4v) is 1.80. The molecule has 0 bridgehead atoms. The van der Waals surface area contributed by atoms with Gasteiger partial charge in [0.1, 0.15) is 5.82 Å². The predicted molar refractivity (Wildman–Crippen MR) is 61.5 cm³/mol. The SMILES string of the molecule is CC(c1ccc(F)cc1Cl)N(C)CCN.